The summed E-state index contributed by atoms with van der Waals surface area (Å²) in [5, 5.41) is 3.01. The highest BCUT2D eigenvalue weighted by atomic mass is 79.9. The van der Waals surface area contributed by atoms with Gasteiger partial charge in [-0.2, -0.15) is 0 Å². The number of hydrogen-bond donors (Lipinski definition) is 2. The maximum Gasteiger partial charge on any atom is 0.329 e. The molecule has 0 aromatic heterocycles. The lowest BCUT2D eigenvalue weighted by molar-refractivity contribution is 0.242. The Balaban J connectivity index is 2.12. The summed E-state index contributed by atoms with van der Waals surface area (Å²) >= 11 is 9.12. The van der Waals surface area contributed by atoms with Gasteiger partial charge in [-0.3, -0.25) is 0 Å². The molecule has 140 valence electrons. The van der Waals surface area contributed by atoms with Crippen molar-refractivity contribution in [2.75, 3.05) is 6.61 Å². The summed E-state index contributed by atoms with van der Waals surface area (Å²) in [4.78, 5) is 12.1. The van der Waals surface area contributed by atoms with E-state index in [1.165, 1.54) is 24.3 Å². The van der Waals surface area contributed by atoms with Crippen LogP contribution in [0.15, 0.2) is 51.8 Å². The molecule has 0 fully saturated rings. The van der Waals surface area contributed by atoms with Gasteiger partial charge in [0.25, 0.3) is 10.0 Å². The predicted octanol–water partition coefficient (Wildman–Crippen LogP) is 4.25. The third-order valence-corrected chi connectivity index (χ3v) is 5.53. The molecule has 1 atom stereocenters. The highest BCUT2D eigenvalue weighted by Gasteiger charge is 2.20. The molecule has 2 aromatic carbocycles. The van der Waals surface area contributed by atoms with Crippen LogP contribution >= 0.6 is 27.5 Å². The zero-order valence-electron chi connectivity index (χ0n) is 14.1. The number of halogens is 2. The van der Waals surface area contributed by atoms with Crippen LogP contribution in [0.4, 0.5) is 4.79 Å². The van der Waals surface area contributed by atoms with Crippen LogP contribution in [0.3, 0.4) is 0 Å². The number of rotatable bonds is 6. The van der Waals surface area contributed by atoms with E-state index >= 15 is 0 Å². The van der Waals surface area contributed by atoms with Crippen molar-refractivity contribution in [3.8, 4) is 5.75 Å². The molecule has 2 aromatic rings. The summed E-state index contributed by atoms with van der Waals surface area (Å²) in [6.45, 7) is 4.06. The molecule has 0 bridgehead atoms. The van der Waals surface area contributed by atoms with Gasteiger partial charge in [-0.25, -0.2) is 17.9 Å². The van der Waals surface area contributed by atoms with E-state index in [4.69, 9.17) is 16.3 Å². The van der Waals surface area contributed by atoms with Gasteiger partial charge in [0.2, 0.25) is 0 Å². The van der Waals surface area contributed by atoms with Gasteiger partial charge < -0.3 is 10.1 Å². The summed E-state index contributed by atoms with van der Waals surface area (Å²) in [5.41, 5.74) is 0.722. The first-order chi connectivity index (χ1) is 12.2. The molecule has 0 saturated carbocycles. The summed E-state index contributed by atoms with van der Waals surface area (Å²) in [6.07, 6.45) is 0. The molecule has 2 N–H and O–H groups in total. The first kappa shape index (κ1) is 20.5. The molecular weight excluding hydrogens is 444 g/mol. The van der Waals surface area contributed by atoms with Crippen molar-refractivity contribution in [3.63, 3.8) is 0 Å². The Morgan fingerprint density at radius 3 is 2.50 bits per heavy atom. The van der Waals surface area contributed by atoms with E-state index in [1.54, 1.807) is 13.0 Å². The Morgan fingerprint density at radius 1 is 1.23 bits per heavy atom. The largest absolute Gasteiger partial charge is 0.494 e. The maximum absolute atomic E-state index is 12.2. The fourth-order valence-corrected chi connectivity index (χ4v) is 3.66. The SMILES string of the molecule is CCOc1ccc(Br)cc1C(C)NC(=O)NS(=O)(=O)c1ccc(Cl)cc1. The van der Waals surface area contributed by atoms with Crippen LogP contribution in [0.1, 0.15) is 25.5 Å². The number of urea groups is 1. The van der Waals surface area contributed by atoms with Gasteiger partial charge in [-0.05, 0) is 56.3 Å². The molecule has 6 nitrogen and oxygen atoms in total. The third kappa shape index (κ3) is 5.36. The molecule has 0 radical (unpaired) electrons. The van der Waals surface area contributed by atoms with Gasteiger partial charge in [0.1, 0.15) is 5.75 Å². The molecule has 0 spiro atoms. The van der Waals surface area contributed by atoms with E-state index in [0.29, 0.717) is 17.4 Å². The minimum Gasteiger partial charge on any atom is -0.494 e. The first-order valence-electron chi connectivity index (χ1n) is 7.74. The van der Waals surface area contributed by atoms with Crippen LogP contribution in [0.5, 0.6) is 5.75 Å². The number of ether oxygens (including phenoxy) is 1. The summed E-state index contributed by atoms with van der Waals surface area (Å²) < 4.78 is 32.9. The van der Waals surface area contributed by atoms with Gasteiger partial charge in [0, 0.05) is 15.1 Å². The molecule has 0 aliphatic carbocycles. The number of benzene rings is 2. The lowest BCUT2D eigenvalue weighted by Crippen LogP contribution is -2.40. The van der Waals surface area contributed by atoms with Gasteiger partial charge in [-0.15, -0.1) is 0 Å². The fourth-order valence-electron chi connectivity index (χ4n) is 2.24. The highest BCUT2D eigenvalue weighted by Crippen LogP contribution is 2.28. The van der Waals surface area contributed by atoms with Crippen molar-refractivity contribution in [3.05, 3.63) is 57.5 Å². The standard InChI is InChI=1S/C17H18BrClN2O4S/c1-3-25-16-9-4-12(18)10-15(16)11(2)20-17(22)21-26(23,24)14-7-5-13(19)6-8-14/h4-11H,3H2,1-2H3,(H2,20,21,22). The Labute approximate surface area is 166 Å². The van der Waals surface area contributed by atoms with Crippen LogP contribution in [0, 0.1) is 0 Å². The highest BCUT2D eigenvalue weighted by molar-refractivity contribution is 9.10. The summed E-state index contributed by atoms with van der Waals surface area (Å²) in [7, 11) is -3.99. The first-order valence-corrected chi connectivity index (χ1v) is 10.4. The van der Waals surface area contributed by atoms with Gasteiger partial charge in [0.05, 0.1) is 17.5 Å². The number of amides is 2. The van der Waals surface area contributed by atoms with E-state index in [0.717, 1.165) is 10.0 Å². The Hall–Kier alpha value is -1.77. The minimum atomic E-state index is -3.99. The zero-order chi connectivity index (χ0) is 19.3. The van der Waals surface area contributed by atoms with Crippen LogP contribution < -0.4 is 14.8 Å². The topological polar surface area (TPSA) is 84.5 Å². The number of carbonyl (C=O) groups is 1. The average Bonchev–Trinajstić information content (AvgIpc) is 2.56. The second kappa shape index (κ2) is 8.75. The normalized spacial score (nSPS) is 12.3. The predicted molar refractivity (Wildman–Crippen MR) is 104 cm³/mol. The fraction of sp³-hybridized carbons (Fsp3) is 0.235. The smallest absolute Gasteiger partial charge is 0.329 e. The maximum atomic E-state index is 12.2. The third-order valence-electron chi connectivity index (χ3n) is 3.44. The van der Waals surface area contributed by atoms with Crippen LogP contribution in [0.25, 0.3) is 0 Å². The molecule has 0 aliphatic heterocycles. The lowest BCUT2D eigenvalue weighted by Gasteiger charge is -2.19. The second-order valence-electron chi connectivity index (χ2n) is 5.37. The van der Waals surface area contributed by atoms with Crippen LogP contribution in [-0.4, -0.2) is 21.1 Å². The Bertz CT molecular complexity index is 888. The lowest BCUT2D eigenvalue weighted by atomic mass is 10.1. The van der Waals surface area contributed by atoms with Gasteiger partial charge in [-0.1, -0.05) is 27.5 Å². The molecule has 9 heteroatoms. The number of sulfonamides is 1. The van der Waals surface area contributed by atoms with E-state index in [-0.39, 0.29) is 4.90 Å². The quantitative estimate of drug-likeness (QED) is 0.673. The molecule has 0 saturated heterocycles. The zero-order valence-corrected chi connectivity index (χ0v) is 17.3. The summed E-state index contributed by atoms with van der Waals surface area (Å²) in [5.74, 6) is 0.615. The van der Waals surface area contributed by atoms with Crippen molar-refractivity contribution in [2.24, 2.45) is 0 Å². The molecule has 0 heterocycles. The van der Waals surface area contributed by atoms with Crippen LogP contribution in [-0.2, 0) is 10.0 Å². The van der Waals surface area contributed by atoms with Gasteiger partial charge in [0.15, 0.2) is 0 Å². The van der Waals surface area contributed by atoms with E-state index < -0.39 is 22.1 Å². The molecule has 26 heavy (non-hydrogen) atoms. The Morgan fingerprint density at radius 2 is 1.88 bits per heavy atom. The molecular formula is C17H18BrClN2O4S. The minimum absolute atomic E-state index is 0.0536. The molecule has 1 unspecified atom stereocenters. The Kier molecular flexibility index (Phi) is 6.91. The monoisotopic (exact) mass is 460 g/mol. The summed E-state index contributed by atoms with van der Waals surface area (Å²) in [6, 6.07) is 9.62. The number of nitrogens with one attached hydrogen (secondary N) is 2. The van der Waals surface area contributed by atoms with E-state index in [1.807, 2.05) is 23.8 Å². The van der Waals surface area contributed by atoms with Crippen molar-refractivity contribution in [1.29, 1.82) is 0 Å². The number of carbonyl (C=O) groups excluding carboxylic acids is 1. The van der Waals surface area contributed by atoms with Crippen LogP contribution in [0.2, 0.25) is 5.02 Å². The molecule has 2 rings (SSSR count). The van der Waals surface area contributed by atoms with Crippen molar-refractivity contribution in [2.45, 2.75) is 24.8 Å². The molecule has 0 aliphatic rings. The van der Waals surface area contributed by atoms with E-state index in [9.17, 15) is 13.2 Å². The average molecular weight is 462 g/mol. The van der Waals surface area contributed by atoms with Crippen molar-refractivity contribution < 1.29 is 17.9 Å². The van der Waals surface area contributed by atoms with Crippen molar-refractivity contribution >= 4 is 43.6 Å². The molecule has 2 amide bonds. The van der Waals surface area contributed by atoms with E-state index in [2.05, 4.69) is 21.2 Å². The van der Waals surface area contributed by atoms with Gasteiger partial charge >= 0.3 is 6.03 Å². The van der Waals surface area contributed by atoms with Crippen molar-refractivity contribution in [1.82, 2.24) is 10.0 Å². The second-order valence-corrected chi connectivity index (χ2v) is 8.40. The number of hydrogen-bond acceptors (Lipinski definition) is 4.